The van der Waals surface area contributed by atoms with Gasteiger partial charge in [-0.2, -0.15) is 4.37 Å². The largest absolute Gasteiger partial charge is 0.252 e. The molecule has 1 aromatic carbocycles. The van der Waals surface area contributed by atoms with Gasteiger partial charge in [0, 0.05) is 11.6 Å². The maximum atomic E-state index is 5.78. The second kappa shape index (κ2) is 3.81. The highest BCUT2D eigenvalue weighted by Crippen LogP contribution is 2.26. The third kappa shape index (κ3) is 1.56. The van der Waals surface area contributed by atoms with E-state index in [0.29, 0.717) is 10.3 Å². The monoisotopic (exact) mass is 247 g/mol. The molecule has 0 radical (unpaired) electrons. The highest BCUT2D eigenvalue weighted by molar-refractivity contribution is 7.10. The average Bonchev–Trinajstić information content (AvgIpc) is 2.75. The maximum absolute atomic E-state index is 5.78. The van der Waals surface area contributed by atoms with Gasteiger partial charge in [-0.25, -0.2) is 4.98 Å². The number of hydrogen-bond acceptors (Lipinski definition) is 4. The lowest BCUT2D eigenvalue weighted by Crippen LogP contribution is -1.87. The van der Waals surface area contributed by atoms with Crippen molar-refractivity contribution in [3.8, 4) is 11.5 Å². The van der Waals surface area contributed by atoms with Crippen LogP contribution in [0.2, 0.25) is 4.47 Å². The van der Waals surface area contributed by atoms with Crippen LogP contribution in [0.4, 0.5) is 0 Å². The zero-order valence-electron chi connectivity index (χ0n) is 8.09. The highest BCUT2D eigenvalue weighted by Gasteiger charge is 2.09. The predicted octanol–water partition coefficient (Wildman–Crippen LogP) is 3.41. The minimum atomic E-state index is 0.435. The van der Waals surface area contributed by atoms with E-state index < -0.39 is 0 Å². The van der Waals surface area contributed by atoms with E-state index in [1.54, 1.807) is 6.20 Å². The Morgan fingerprint density at radius 3 is 2.81 bits per heavy atom. The second-order valence-electron chi connectivity index (χ2n) is 3.25. The van der Waals surface area contributed by atoms with Crippen LogP contribution in [0.15, 0.2) is 36.5 Å². The van der Waals surface area contributed by atoms with Crippen LogP contribution in [-0.2, 0) is 0 Å². The molecule has 0 aliphatic carbocycles. The Morgan fingerprint density at radius 1 is 1.12 bits per heavy atom. The van der Waals surface area contributed by atoms with Crippen LogP contribution in [0.5, 0.6) is 0 Å². The summed E-state index contributed by atoms with van der Waals surface area (Å²) in [6, 6.07) is 9.98. The van der Waals surface area contributed by atoms with E-state index in [9.17, 15) is 0 Å². The van der Waals surface area contributed by atoms with Gasteiger partial charge in [0.15, 0.2) is 5.82 Å². The lowest BCUT2D eigenvalue weighted by Gasteiger charge is -2.00. The van der Waals surface area contributed by atoms with Crippen LogP contribution in [0.25, 0.3) is 22.3 Å². The molecule has 0 atom stereocenters. The summed E-state index contributed by atoms with van der Waals surface area (Å²) < 4.78 is 4.61. The van der Waals surface area contributed by atoms with Gasteiger partial charge in [0.2, 0.25) is 4.47 Å². The Labute approximate surface area is 101 Å². The van der Waals surface area contributed by atoms with Gasteiger partial charge in [-0.3, -0.25) is 4.98 Å². The fourth-order valence-electron chi connectivity index (χ4n) is 1.60. The lowest BCUT2D eigenvalue weighted by molar-refractivity contribution is 1.25. The topological polar surface area (TPSA) is 38.7 Å². The molecule has 0 aliphatic heterocycles. The maximum Gasteiger partial charge on any atom is 0.203 e. The summed E-state index contributed by atoms with van der Waals surface area (Å²) in [6.45, 7) is 0. The second-order valence-corrected chi connectivity index (χ2v) is 4.59. The standard InChI is InChI=1S/C11H6ClN3S/c12-11-14-10(15-16-11)9-8-4-2-1-3-7(8)5-6-13-9/h1-6H. The molecule has 16 heavy (non-hydrogen) atoms. The van der Waals surface area contributed by atoms with Gasteiger partial charge < -0.3 is 0 Å². The molecule has 3 aromatic rings. The van der Waals surface area contributed by atoms with Crippen LogP contribution >= 0.6 is 23.1 Å². The molecule has 3 nitrogen and oxygen atoms in total. The fraction of sp³-hybridized carbons (Fsp3) is 0. The third-order valence-corrected chi connectivity index (χ3v) is 3.08. The molecule has 0 fully saturated rings. The number of hydrogen-bond donors (Lipinski definition) is 0. The molecule has 2 aromatic heterocycles. The molecule has 2 heterocycles. The predicted molar refractivity (Wildman–Crippen MR) is 65.7 cm³/mol. The summed E-state index contributed by atoms with van der Waals surface area (Å²) in [5, 5.41) is 2.16. The lowest BCUT2D eigenvalue weighted by atomic mass is 10.1. The van der Waals surface area contributed by atoms with Gasteiger partial charge in [0.05, 0.1) is 0 Å². The summed E-state index contributed by atoms with van der Waals surface area (Å²) in [7, 11) is 0. The van der Waals surface area contributed by atoms with Gasteiger partial charge in [0.1, 0.15) is 5.69 Å². The summed E-state index contributed by atoms with van der Waals surface area (Å²) >= 11 is 6.95. The van der Waals surface area contributed by atoms with Crippen molar-refractivity contribution in [2.75, 3.05) is 0 Å². The van der Waals surface area contributed by atoms with E-state index in [2.05, 4.69) is 14.3 Å². The van der Waals surface area contributed by atoms with Crippen LogP contribution in [-0.4, -0.2) is 14.3 Å². The molecule has 0 unspecified atom stereocenters. The molecule has 0 aliphatic rings. The minimum absolute atomic E-state index is 0.435. The first kappa shape index (κ1) is 9.69. The van der Waals surface area contributed by atoms with E-state index in [1.807, 2.05) is 30.3 Å². The zero-order valence-corrected chi connectivity index (χ0v) is 9.66. The van der Waals surface area contributed by atoms with Crippen LogP contribution in [0, 0.1) is 0 Å². The van der Waals surface area contributed by atoms with Crippen molar-refractivity contribution in [2.45, 2.75) is 0 Å². The van der Waals surface area contributed by atoms with E-state index in [4.69, 9.17) is 11.6 Å². The van der Waals surface area contributed by atoms with Crippen molar-refractivity contribution >= 4 is 33.9 Å². The van der Waals surface area contributed by atoms with Crippen LogP contribution in [0.1, 0.15) is 0 Å². The molecule has 3 rings (SSSR count). The fourth-order valence-corrected chi connectivity index (χ4v) is 2.20. The molecule has 0 saturated heterocycles. The van der Waals surface area contributed by atoms with Crippen molar-refractivity contribution in [3.63, 3.8) is 0 Å². The SMILES string of the molecule is Clc1nc(-c2nccc3ccccc23)ns1. The molecule has 0 amide bonds. The number of rotatable bonds is 1. The number of aromatic nitrogens is 3. The van der Waals surface area contributed by atoms with Crippen LogP contribution < -0.4 is 0 Å². The van der Waals surface area contributed by atoms with E-state index >= 15 is 0 Å². The molecule has 0 saturated carbocycles. The molecule has 0 N–H and O–H groups in total. The minimum Gasteiger partial charge on any atom is -0.252 e. The first-order valence-corrected chi connectivity index (χ1v) is 5.83. The number of pyridine rings is 1. The molecular weight excluding hydrogens is 242 g/mol. The number of halogens is 1. The summed E-state index contributed by atoms with van der Waals surface area (Å²) in [6.07, 6.45) is 1.76. The quantitative estimate of drug-likeness (QED) is 0.662. The molecular formula is C11H6ClN3S. The third-order valence-electron chi connectivity index (χ3n) is 2.29. The Kier molecular flexibility index (Phi) is 2.31. The first-order chi connectivity index (χ1) is 7.84. The van der Waals surface area contributed by atoms with Crippen LogP contribution in [0.3, 0.4) is 0 Å². The van der Waals surface area contributed by atoms with Gasteiger partial charge in [0.25, 0.3) is 0 Å². The van der Waals surface area contributed by atoms with Gasteiger partial charge in [-0.15, -0.1) is 0 Å². The van der Waals surface area contributed by atoms with Crippen molar-refractivity contribution in [1.82, 2.24) is 14.3 Å². The molecule has 0 spiro atoms. The Hall–Kier alpha value is -1.52. The number of fused-ring (bicyclic) bond motifs is 1. The summed E-state index contributed by atoms with van der Waals surface area (Å²) in [5.41, 5.74) is 0.779. The smallest absolute Gasteiger partial charge is 0.203 e. The molecule has 0 bridgehead atoms. The molecule has 5 heteroatoms. The summed E-state index contributed by atoms with van der Waals surface area (Å²) in [5.74, 6) is 0.590. The van der Waals surface area contributed by atoms with E-state index in [0.717, 1.165) is 16.5 Å². The van der Waals surface area contributed by atoms with Gasteiger partial charge in [-0.1, -0.05) is 24.3 Å². The Morgan fingerprint density at radius 2 is 2.00 bits per heavy atom. The Bertz CT molecular complexity index is 645. The zero-order chi connectivity index (χ0) is 11.0. The highest BCUT2D eigenvalue weighted by atomic mass is 35.5. The average molecular weight is 248 g/mol. The number of benzene rings is 1. The number of nitrogens with zero attached hydrogens (tertiary/aromatic N) is 3. The molecule has 78 valence electrons. The van der Waals surface area contributed by atoms with Crippen molar-refractivity contribution in [3.05, 3.63) is 41.0 Å². The van der Waals surface area contributed by atoms with E-state index in [1.165, 1.54) is 11.5 Å². The normalized spacial score (nSPS) is 10.8. The van der Waals surface area contributed by atoms with Gasteiger partial charge in [-0.05, 0) is 34.6 Å². The Balaban J connectivity index is 2.31. The van der Waals surface area contributed by atoms with Gasteiger partial charge >= 0.3 is 0 Å². The van der Waals surface area contributed by atoms with Crippen molar-refractivity contribution in [2.24, 2.45) is 0 Å². The van der Waals surface area contributed by atoms with E-state index in [-0.39, 0.29) is 0 Å². The summed E-state index contributed by atoms with van der Waals surface area (Å²) in [4.78, 5) is 8.45. The van der Waals surface area contributed by atoms with Crippen molar-refractivity contribution < 1.29 is 0 Å². The van der Waals surface area contributed by atoms with Crippen molar-refractivity contribution in [1.29, 1.82) is 0 Å². The first-order valence-electron chi connectivity index (χ1n) is 4.68.